The predicted molar refractivity (Wildman–Crippen MR) is 190 cm³/mol. The van der Waals surface area contributed by atoms with Crippen LogP contribution in [0.15, 0.2) is 152 Å². The third-order valence-electron chi connectivity index (χ3n) is 9.70. The van der Waals surface area contributed by atoms with Crippen LogP contribution in [0, 0.1) is 0 Å². The minimum atomic E-state index is 0.109. The van der Waals surface area contributed by atoms with Crippen molar-refractivity contribution < 1.29 is 4.74 Å². The number of benzene rings is 6. The Kier molecular flexibility index (Phi) is 5.40. The molecule has 1 aliphatic carbocycles. The highest BCUT2D eigenvalue weighted by molar-refractivity contribution is 6.15. The molecule has 3 heteroatoms. The van der Waals surface area contributed by atoms with Gasteiger partial charge < -0.3 is 9.30 Å². The number of aromatic nitrogens is 2. The summed E-state index contributed by atoms with van der Waals surface area (Å²) in [5.41, 5.74) is 10.2. The Bertz CT molecular complexity index is 2600. The summed E-state index contributed by atoms with van der Waals surface area (Å²) in [5.74, 6) is 1.80. The highest BCUT2D eigenvalue weighted by Crippen LogP contribution is 2.51. The molecule has 3 heterocycles. The molecule has 1 unspecified atom stereocenters. The van der Waals surface area contributed by atoms with Crippen LogP contribution in [0.25, 0.3) is 71.3 Å². The second kappa shape index (κ2) is 9.79. The molecule has 3 nitrogen and oxygen atoms in total. The molecule has 10 rings (SSSR count). The Morgan fingerprint density at radius 3 is 2.11 bits per heavy atom. The lowest BCUT2D eigenvalue weighted by atomic mass is 9.93. The van der Waals surface area contributed by atoms with E-state index < -0.39 is 0 Å². The van der Waals surface area contributed by atoms with Crippen molar-refractivity contribution in [3.63, 3.8) is 0 Å². The summed E-state index contributed by atoms with van der Waals surface area (Å²) in [6.07, 6.45) is 7.86. The van der Waals surface area contributed by atoms with Crippen molar-refractivity contribution >= 4 is 49.1 Å². The molecular weight excluding hydrogens is 560 g/mol. The Morgan fingerprint density at radius 1 is 0.565 bits per heavy atom. The van der Waals surface area contributed by atoms with Crippen molar-refractivity contribution in [1.29, 1.82) is 0 Å². The van der Waals surface area contributed by atoms with Gasteiger partial charge in [0.1, 0.15) is 11.5 Å². The van der Waals surface area contributed by atoms with Gasteiger partial charge in [0.05, 0.1) is 28.2 Å². The van der Waals surface area contributed by atoms with Crippen LogP contribution >= 0.6 is 0 Å². The van der Waals surface area contributed by atoms with Crippen molar-refractivity contribution in [3.05, 3.63) is 157 Å². The van der Waals surface area contributed by atoms with Gasteiger partial charge in [-0.15, -0.1) is 0 Å². The van der Waals surface area contributed by atoms with E-state index in [4.69, 9.17) is 9.72 Å². The van der Waals surface area contributed by atoms with E-state index in [1.54, 1.807) is 0 Å². The van der Waals surface area contributed by atoms with Gasteiger partial charge in [-0.05, 0) is 58.8 Å². The van der Waals surface area contributed by atoms with Crippen LogP contribution in [0.5, 0.6) is 11.5 Å². The molecule has 0 amide bonds. The quantitative estimate of drug-likeness (QED) is 0.188. The molecule has 2 aliphatic rings. The number of hydrogen-bond acceptors (Lipinski definition) is 2. The van der Waals surface area contributed by atoms with Crippen molar-refractivity contribution in [3.8, 4) is 33.8 Å². The Hall–Kier alpha value is -5.93. The summed E-state index contributed by atoms with van der Waals surface area (Å²) >= 11 is 0. The molecule has 1 atom stereocenters. The molecule has 0 fully saturated rings. The second-order valence-corrected chi connectivity index (χ2v) is 12.2. The fraction of sp³-hybridized carbons (Fsp3) is 0.0465. The van der Waals surface area contributed by atoms with E-state index in [9.17, 15) is 0 Å². The van der Waals surface area contributed by atoms with Gasteiger partial charge in [-0.25, -0.2) is 4.98 Å². The van der Waals surface area contributed by atoms with E-state index in [0.29, 0.717) is 0 Å². The average molecular weight is 589 g/mol. The zero-order valence-electron chi connectivity index (χ0n) is 25.0. The lowest BCUT2D eigenvalue weighted by Crippen LogP contribution is -2.09. The van der Waals surface area contributed by atoms with Crippen LogP contribution in [0.3, 0.4) is 0 Å². The zero-order chi connectivity index (χ0) is 30.2. The summed E-state index contributed by atoms with van der Waals surface area (Å²) in [7, 11) is 0. The molecule has 0 radical (unpaired) electrons. The number of ether oxygens (including phenoxy) is 1. The number of allylic oxidation sites excluding steroid dienone is 4. The highest BCUT2D eigenvalue weighted by atomic mass is 16.5. The molecule has 46 heavy (non-hydrogen) atoms. The minimum Gasteiger partial charge on any atom is -0.455 e. The lowest BCUT2D eigenvalue weighted by Gasteiger charge is -2.22. The molecule has 6 aromatic carbocycles. The summed E-state index contributed by atoms with van der Waals surface area (Å²) in [6, 6.07) is 47.5. The summed E-state index contributed by atoms with van der Waals surface area (Å²) < 4.78 is 9.44. The van der Waals surface area contributed by atoms with Crippen LogP contribution < -0.4 is 4.74 Å². The van der Waals surface area contributed by atoms with E-state index in [1.165, 1.54) is 43.7 Å². The van der Waals surface area contributed by atoms with Crippen molar-refractivity contribution in [2.75, 3.05) is 0 Å². The maximum absolute atomic E-state index is 6.93. The first-order chi connectivity index (χ1) is 22.8. The maximum Gasteiger partial charge on any atom is 0.145 e. The SMILES string of the molecule is C1=CC(c2nc3ccccc3c3ccccc23)=CC(n2c3ccccc3c3c4c(ccc32)-c2ccccc2-c2ccccc2O4)C1. The van der Waals surface area contributed by atoms with Gasteiger partial charge in [0.25, 0.3) is 0 Å². The van der Waals surface area contributed by atoms with E-state index in [-0.39, 0.29) is 6.04 Å². The van der Waals surface area contributed by atoms with Gasteiger partial charge in [-0.1, -0.05) is 121 Å². The van der Waals surface area contributed by atoms with Gasteiger partial charge >= 0.3 is 0 Å². The van der Waals surface area contributed by atoms with Crippen LogP contribution in [0.2, 0.25) is 0 Å². The van der Waals surface area contributed by atoms with Gasteiger partial charge in [0.15, 0.2) is 0 Å². The highest BCUT2D eigenvalue weighted by Gasteiger charge is 2.27. The molecule has 216 valence electrons. The molecular formula is C43H28N2O. The van der Waals surface area contributed by atoms with Gasteiger partial charge in [-0.3, -0.25) is 0 Å². The lowest BCUT2D eigenvalue weighted by molar-refractivity contribution is 0.493. The first-order valence-electron chi connectivity index (χ1n) is 15.9. The minimum absolute atomic E-state index is 0.109. The number of fused-ring (bicyclic) bond motifs is 12. The number of hydrogen-bond donors (Lipinski definition) is 0. The average Bonchev–Trinajstić information content (AvgIpc) is 3.39. The van der Waals surface area contributed by atoms with Crippen molar-refractivity contribution in [2.45, 2.75) is 12.5 Å². The molecule has 1 aliphatic heterocycles. The molecule has 0 bridgehead atoms. The topological polar surface area (TPSA) is 27.1 Å². The first-order valence-corrected chi connectivity index (χ1v) is 15.9. The zero-order valence-corrected chi connectivity index (χ0v) is 25.0. The molecule has 0 saturated heterocycles. The molecule has 0 N–H and O–H groups in total. The fourth-order valence-corrected chi connectivity index (χ4v) is 7.70. The normalized spacial score (nSPS) is 15.3. The smallest absolute Gasteiger partial charge is 0.145 e. The molecule has 0 saturated carbocycles. The van der Waals surface area contributed by atoms with Crippen molar-refractivity contribution in [1.82, 2.24) is 9.55 Å². The maximum atomic E-state index is 6.93. The summed E-state index contributed by atoms with van der Waals surface area (Å²) in [6.45, 7) is 0. The van der Waals surface area contributed by atoms with Crippen molar-refractivity contribution in [2.24, 2.45) is 0 Å². The van der Waals surface area contributed by atoms with Gasteiger partial charge in [0.2, 0.25) is 0 Å². The number of para-hydroxylation sites is 3. The Balaban J connectivity index is 1.22. The molecule has 8 aromatic rings. The predicted octanol–water partition coefficient (Wildman–Crippen LogP) is 11.5. The molecule has 2 aromatic heterocycles. The third-order valence-corrected chi connectivity index (χ3v) is 9.70. The fourth-order valence-electron chi connectivity index (χ4n) is 7.70. The number of nitrogens with zero attached hydrogens (tertiary/aromatic N) is 2. The number of rotatable bonds is 2. The third kappa shape index (κ3) is 3.63. The largest absolute Gasteiger partial charge is 0.455 e. The van der Waals surface area contributed by atoms with Crippen LogP contribution in [-0.4, -0.2) is 9.55 Å². The van der Waals surface area contributed by atoms with Gasteiger partial charge in [-0.2, -0.15) is 0 Å². The van der Waals surface area contributed by atoms with Crippen LogP contribution in [-0.2, 0) is 0 Å². The van der Waals surface area contributed by atoms with E-state index in [1.807, 2.05) is 0 Å². The van der Waals surface area contributed by atoms with E-state index in [0.717, 1.165) is 51.2 Å². The van der Waals surface area contributed by atoms with E-state index in [2.05, 4.69) is 156 Å². The number of pyridine rings is 1. The Labute approximate surface area is 266 Å². The summed E-state index contributed by atoms with van der Waals surface area (Å²) in [5, 5.41) is 5.95. The second-order valence-electron chi connectivity index (χ2n) is 12.2. The monoisotopic (exact) mass is 588 g/mol. The summed E-state index contributed by atoms with van der Waals surface area (Å²) in [4.78, 5) is 5.23. The standard InChI is InChI=1S/C43H28N2O/c1-2-15-30-29(14-1)33-18-7-10-23-40(33)46-43-35(30)24-25-39-41(43)36-20-6-9-22-38(36)45(39)28-13-11-12-27(26-28)42-34-19-4-3-16-31(34)32-17-5-8-21-37(32)44-42/h1-12,14-26,28H,13H2. The van der Waals surface area contributed by atoms with Gasteiger partial charge in [0, 0.05) is 32.8 Å². The molecule has 0 spiro atoms. The van der Waals surface area contributed by atoms with Crippen LogP contribution in [0.1, 0.15) is 18.2 Å². The van der Waals surface area contributed by atoms with E-state index >= 15 is 0 Å². The Morgan fingerprint density at radius 2 is 1.24 bits per heavy atom. The first kappa shape index (κ1) is 25.4. The van der Waals surface area contributed by atoms with Crippen LogP contribution in [0.4, 0.5) is 0 Å².